The lowest BCUT2D eigenvalue weighted by molar-refractivity contribution is -0.126. The molecule has 1 saturated heterocycles. The van der Waals surface area contributed by atoms with Crippen LogP contribution in [0.5, 0.6) is 0 Å². The van der Waals surface area contributed by atoms with Crippen molar-refractivity contribution in [2.75, 3.05) is 47.2 Å². The first-order valence-corrected chi connectivity index (χ1v) is 13.4. The van der Waals surface area contributed by atoms with Gasteiger partial charge < -0.3 is 35.7 Å². The number of rotatable bonds is 13. The van der Waals surface area contributed by atoms with Crippen molar-refractivity contribution >= 4 is 19.8 Å². The smallest absolute Gasteiger partial charge is 0.390 e. The van der Waals surface area contributed by atoms with Gasteiger partial charge in [-0.25, -0.2) is 9.36 Å². The molecule has 4 atom stereocenters. The number of phosphoric ester groups is 1. The number of hydrogen-bond donors (Lipinski definition) is 4. The van der Waals surface area contributed by atoms with Crippen molar-refractivity contribution in [3.05, 3.63) is 24.0 Å². The highest BCUT2D eigenvalue weighted by atomic mass is 31.2. The first kappa shape index (κ1) is 33.7. The van der Waals surface area contributed by atoms with Gasteiger partial charge in [-0.15, -0.1) is 0 Å². The molecule has 2 heterocycles. The minimum atomic E-state index is -3.75. The van der Waals surface area contributed by atoms with Crippen LogP contribution in [0, 0.1) is 11.8 Å². The number of allylic oxidation sites excluding steroid dienone is 1. The molecule has 0 radical (unpaired) electrons. The second-order valence-electron chi connectivity index (χ2n) is 7.61. The highest BCUT2D eigenvalue weighted by molar-refractivity contribution is 7.48. The van der Waals surface area contributed by atoms with Crippen molar-refractivity contribution in [1.82, 2.24) is 15.5 Å². The van der Waals surface area contributed by atoms with E-state index in [1.165, 1.54) is 11.1 Å². The molecular weight excluding hydrogens is 523 g/mol. The normalized spacial score (nSPS) is 21.9. The second-order valence-corrected chi connectivity index (χ2v) is 9.49. The summed E-state index contributed by atoms with van der Waals surface area (Å²) in [4.78, 5) is 25.5. The van der Waals surface area contributed by atoms with Gasteiger partial charge in [0, 0.05) is 26.8 Å². The molecule has 4 unspecified atom stereocenters. The van der Waals surface area contributed by atoms with Crippen molar-refractivity contribution in [2.24, 2.45) is 5.73 Å². The van der Waals surface area contributed by atoms with Crippen molar-refractivity contribution in [3.63, 3.8) is 0 Å². The summed E-state index contributed by atoms with van der Waals surface area (Å²) in [5.41, 5.74) is 6.09. The summed E-state index contributed by atoms with van der Waals surface area (Å²) < 4.78 is 42.5. The summed E-state index contributed by atoms with van der Waals surface area (Å²) in [5.74, 6) is 5.24. The maximum Gasteiger partial charge on any atom is 0.474 e. The minimum Gasteiger partial charge on any atom is -0.390 e. The fraction of sp³-hybridized carbons (Fsp3) is 0.652. The van der Waals surface area contributed by atoms with Gasteiger partial charge in [-0.1, -0.05) is 32.3 Å². The highest BCUT2D eigenvalue weighted by Gasteiger charge is 2.41. The number of phosphoric acid groups is 1. The molecule has 0 aromatic rings. The van der Waals surface area contributed by atoms with Crippen LogP contribution < -0.4 is 16.4 Å². The van der Waals surface area contributed by atoms with Gasteiger partial charge in [-0.3, -0.25) is 23.3 Å². The number of nitrogens with one attached hydrogen (secondary N) is 2. The molecular formula is C23H39N4O10P. The number of ether oxygens (including phenoxy) is 3. The maximum atomic E-state index is 12.5. The number of aliphatic hydroxyl groups is 1. The fourth-order valence-corrected chi connectivity index (χ4v) is 3.72. The van der Waals surface area contributed by atoms with Crippen molar-refractivity contribution < 1.29 is 47.0 Å². The number of hydrogen-bond acceptors (Lipinski definition) is 11. The zero-order valence-electron chi connectivity index (χ0n) is 22.4. The quantitative estimate of drug-likeness (QED) is 0.108. The molecule has 2 aliphatic heterocycles. The van der Waals surface area contributed by atoms with Gasteiger partial charge in [0.05, 0.1) is 43.7 Å². The Hall–Kier alpha value is -2.31. The molecule has 38 heavy (non-hydrogen) atoms. The maximum absolute atomic E-state index is 12.5. The predicted molar refractivity (Wildman–Crippen MR) is 137 cm³/mol. The molecule has 2 rings (SSSR count). The van der Waals surface area contributed by atoms with Crippen molar-refractivity contribution in [2.45, 2.75) is 51.9 Å². The van der Waals surface area contributed by atoms with Gasteiger partial charge in [0.2, 0.25) is 5.91 Å². The van der Waals surface area contributed by atoms with Gasteiger partial charge >= 0.3 is 13.9 Å². The van der Waals surface area contributed by atoms with Crippen LogP contribution in [0.15, 0.2) is 24.0 Å². The number of carbonyl (C=O) groups is 2. The van der Waals surface area contributed by atoms with E-state index >= 15 is 0 Å². The van der Waals surface area contributed by atoms with E-state index in [0.717, 1.165) is 14.2 Å². The van der Waals surface area contributed by atoms with Crippen LogP contribution in [0.2, 0.25) is 0 Å². The Labute approximate surface area is 223 Å². The van der Waals surface area contributed by atoms with Gasteiger partial charge in [0.15, 0.2) is 0 Å². The Morgan fingerprint density at radius 2 is 2.08 bits per heavy atom. The summed E-state index contributed by atoms with van der Waals surface area (Å²) in [5, 5.41) is 15.5. The first-order valence-electron chi connectivity index (χ1n) is 12.0. The summed E-state index contributed by atoms with van der Waals surface area (Å²) in [7, 11) is -1.42. The molecule has 1 fully saturated rings. The Bertz CT molecular complexity index is 925. The molecule has 2 aliphatic rings. The van der Waals surface area contributed by atoms with Gasteiger partial charge in [0.1, 0.15) is 25.2 Å². The summed E-state index contributed by atoms with van der Waals surface area (Å²) in [6.45, 7) is 9.57. The Balaban J connectivity index is 0.00000352. The number of nitrogens with zero attached hydrogens (tertiary/aromatic N) is 1. The minimum absolute atomic E-state index is 0.0359. The molecule has 3 amide bonds. The number of amides is 3. The average Bonchev–Trinajstić information content (AvgIpc) is 3.27. The van der Waals surface area contributed by atoms with Crippen LogP contribution in [-0.4, -0.2) is 93.8 Å². The monoisotopic (exact) mass is 562 g/mol. The third-order valence-electron chi connectivity index (χ3n) is 4.88. The van der Waals surface area contributed by atoms with Crippen LogP contribution in [0.4, 0.5) is 4.79 Å². The fourth-order valence-electron chi connectivity index (χ4n) is 3.03. The van der Waals surface area contributed by atoms with E-state index < -0.39 is 38.5 Å². The Kier molecular flexibility index (Phi) is 15.4. The van der Waals surface area contributed by atoms with Gasteiger partial charge in [-0.2, -0.15) is 0 Å². The molecule has 0 spiro atoms. The van der Waals surface area contributed by atoms with Crippen LogP contribution in [0.3, 0.4) is 0 Å². The predicted octanol–water partition coefficient (Wildman–Crippen LogP) is 0.786. The molecule has 5 N–H and O–H groups in total. The standard InChI is InChI=1S/C21H33N4O10P.C2H6/c1-14-16(6-5-7-23-19(27)13-32-8-9-33-15(2)22)11-25(21(28)24-14)20-10-17(26)18(35-20)12-34-36(29,30-3)31-4;1-2/h11,15,17-18,20,26H,1,7-10,12-13,22H2,2-4H3,(H,23,27)(H,24,28);1-2H3. The lowest BCUT2D eigenvalue weighted by Crippen LogP contribution is -2.46. The topological polar surface area (TPSA) is 180 Å². The average molecular weight is 563 g/mol. The Morgan fingerprint density at radius 1 is 1.39 bits per heavy atom. The largest absolute Gasteiger partial charge is 0.474 e. The molecule has 0 aromatic heterocycles. The number of aliphatic hydroxyl groups excluding tert-OH is 1. The lowest BCUT2D eigenvalue weighted by atomic mass is 10.1. The third kappa shape index (κ3) is 11.2. The molecule has 15 heteroatoms. The van der Waals surface area contributed by atoms with E-state index in [4.69, 9.17) is 24.5 Å². The molecule has 14 nitrogen and oxygen atoms in total. The van der Waals surface area contributed by atoms with E-state index in [0.29, 0.717) is 5.57 Å². The van der Waals surface area contributed by atoms with E-state index in [-0.39, 0.29) is 51.0 Å². The number of urea groups is 1. The second kappa shape index (κ2) is 17.3. The van der Waals surface area contributed by atoms with Crippen LogP contribution in [0.25, 0.3) is 0 Å². The van der Waals surface area contributed by atoms with Crippen LogP contribution in [0.1, 0.15) is 27.2 Å². The first-order chi connectivity index (χ1) is 18.1. The molecule has 0 bridgehead atoms. The van der Waals surface area contributed by atoms with Gasteiger partial charge in [-0.05, 0) is 6.92 Å². The summed E-state index contributed by atoms with van der Waals surface area (Å²) in [6.07, 6.45) is -1.61. The van der Waals surface area contributed by atoms with Crippen LogP contribution >= 0.6 is 7.82 Å². The number of nitrogens with two attached hydrogens (primary N) is 1. The van der Waals surface area contributed by atoms with E-state index in [1.54, 1.807) is 6.92 Å². The Morgan fingerprint density at radius 3 is 2.71 bits per heavy atom. The zero-order valence-corrected chi connectivity index (χ0v) is 23.3. The van der Waals surface area contributed by atoms with E-state index in [2.05, 4.69) is 38.1 Å². The molecule has 0 saturated carbocycles. The highest BCUT2D eigenvalue weighted by Crippen LogP contribution is 2.48. The molecule has 0 aliphatic carbocycles. The third-order valence-corrected chi connectivity index (χ3v) is 6.24. The van der Waals surface area contributed by atoms with Crippen molar-refractivity contribution in [1.29, 1.82) is 0 Å². The molecule has 0 aromatic carbocycles. The summed E-state index contributed by atoms with van der Waals surface area (Å²) in [6, 6.07) is -0.526. The van der Waals surface area contributed by atoms with E-state index in [1.807, 2.05) is 13.8 Å². The van der Waals surface area contributed by atoms with Crippen LogP contribution in [-0.2, 0) is 37.1 Å². The SMILES string of the molecule is C=C1NC(=O)N(C2CC(O)C(COP(=O)(OC)OC)O2)C=C1C#CCNC(=O)COCCOC(C)N.CC. The van der Waals surface area contributed by atoms with Gasteiger partial charge in [0.25, 0.3) is 0 Å². The lowest BCUT2D eigenvalue weighted by Gasteiger charge is -2.30. The zero-order chi connectivity index (χ0) is 28.7. The summed E-state index contributed by atoms with van der Waals surface area (Å²) >= 11 is 0. The number of carbonyl (C=O) groups excluding carboxylic acids is 2. The van der Waals surface area contributed by atoms with Crippen molar-refractivity contribution in [3.8, 4) is 11.8 Å². The van der Waals surface area contributed by atoms with E-state index in [9.17, 15) is 19.3 Å². The molecule has 216 valence electrons.